The predicted molar refractivity (Wildman–Crippen MR) is 57.9 cm³/mol. The summed E-state index contributed by atoms with van der Waals surface area (Å²) < 4.78 is 5.30. The zero-order valence-corrected chi connectivity index (χ0v) is 9.40. The van der Waals surface area contributed by atoms with Gasteiger partial charge in [0.2, 0.25) is 0 Å². The minimum Gasteiger partial charge on any atom is -0.379 e. The Morgan fingerprint density at radius 3 is 2.42 bits per heavy atom. The summed E-state index contributed by atoms with van der Waals surface area (Å²) in [7, 11) is 1.64. The van der Waals surface area contributed by atoms with Gasteiger partial charge in [-0.25, -0.2) is 0 Å². The van der Waals surface area contributed by atoms with E-state index in [1.165, 1.54) is 0 Å². The van der Waals surface area contributed by atoms with E-state index in [1.54, 1.807) is 10.8 Å². The number of morpholine rings is 1. The van der Waals surface area contributed by atoms with Crippen molar-refractivity contribution in [2.75, 3.05) is 26.3 Å². The number of nitrogens with zero attached hydrogens (tertiary/aromatic N) is 1. The fourth-order valence-electron chi connectivity index (χ4n) is 1.37. The normalized spacial score (nSPS) is 25.2. The largest absolute Gasteiger partial charge is 0.379 e. The van der Waals surface area contributed by atoms with E-state index in [-0.39, 0.29) is 0 Å². The van der Waals surface area contributed by atoms with Gasteiger partial charge < -0.3 is 4.74 Å². The second kappa shape index (κ2) is 5.37. The Bertz CT molecular complexity index is 128. The quantitative estimate of drug-likeness (QED) is 0.559. The highest BCUT2D eigenvalue weighted by Gasteiger charge is 2.21. The first-order valence-electron chi connectivity index (χ1n) is 4.37. The summed E-state index contributed by atoms with van der Waals surface area (Å²) in [6, 6.07) is 0.608. The first-order valence-corrected chi connectivity index (χ1v) is 6.31. The van der Waals surface area contributed by atoms with Crippen LogP contribution in [0.5, 0.6) is 0 Å². The molecule has 1 rings (SSSR count). The van der Waals surface area contributed by atoms with Crippen LogP contribution < -0.4 is 0 Å². The molecule has 0 bridgehead atoms. The smallest absolute Gasteiger partial charge is 0.0594 e. The molecule has 0 saturated carbocycles. The van der Waals surface area contributed by atoms with Crippen molar-refractivity contribution in [1.82, 2.24) is 4.90 Å². The van der Waals surface area contributed by atoms with Crippen LogP contribution in [0.3, 0.4) is 0 Å². The molecule has 2 nitrogen and oxygen atoms in total. The summed E-state index contributed by atoms with van der Waals surface area (Å²) in [5, 5.41) is 0.589. The van der Waals surface area contributed by atoms with E-state index in [0.717, 1.165) is 26.3 Å². The van der Waals surface area contributed by atoms with Crippen LogP contribution in [0.1, 0.15) is 13.8 Å². The monoisotopic (exact) mass is 207 g/mol. The molecule has 0 spiro atoms. The van der Waals surface area contributed by atoms with Gasteiger partial charge in [0, 0.05) is 24.4 Å². The van der Waals surface area contributed by atoms with Crippen molar-refractivity contribution in [3.63, 3.8) is 0 Å². The molecule has 0 radical (unpaired) electrons. The number of hydrogen-bond donors (Lipinski definition) is 1. The van der Waals surface area contributed by atoms with Crippen molar-refractivity contribution in [2.24, 2.45) is 0 Å². The molecule has 1 saturated heterocycles. The topological polar surface area (TPSA) is 12.5 Å². The average Bonchev–Trinajstić information content (AvgIpc) is 2.17. The molecule has 1 unspecified atom stereocenters. The molecule has 0 N–H and O–H groups in total. The molecular weight excluding hydrogens is 190 g/mol. The van der Waals surface area contributed by atoms with Crippen LogP contribution in [-0.2, 0) is 4.74 Å². The molecule has 0 aromatic carbocycles. The Labute approximate surface area is 83.8 Å². The first kappa shape index (κ1) is 10.7. The van der Waals surface area contributed by atoms with Gasteiger partial charge in [-0.05, 0) is 6.92 Å². The highest BCUT2D eigenvalue weighted by atomic mass is 33.1. The second-order valence-electron chi connectivity index (χ2n) is 3.20. The maximum atomic E-state index is 5.30. The van der Waals surface area contributed by atoms with E-state index < -0.39 is 0 Å². The third kappa shape index (κ3) is 2.83. The van der Waals surface area contributed by atoms with Crippen molar-refractivity contribution in [1.29, 1.82) is 0 Å². The first-order chi connectivity index (χ1) is 5.75. The van der Waals surface area contributed by atoms with Crippen molar-refractivity contribution in [2.45, 2.75) is 25.1 Å². The molecule has 1 fully saturated rings. The zero-order valence-electron chi connectivity index (χ0n) is 7.69. The lowest BCUT2D eigenvalue weighted by Crippen LogP contribution is -2.45. The van der Waals surface area contributed by atoms with Crippen molar-refractivity contribution in [3.8, 4) is 0 Å². The molecule has 2 atom stereocenters. The molecule has 0 aromatic rings. The van der Waals surface area contributed by atoms with Crippen molar-refractivity contribution in [3.05, 3.63) is 0 Å². The van der Waals surface area contributed by atoms with Gasteiger partial charge in [-0.15, -0.1) is 11.7 Å². The Morgan fingerprint density at radius 1 is 1.33 bits per heavy atom. The number of thiol groups is 1. The lowest BCUT2D eigenvalue weighted by molar-refractivity contribution is 0.0207. The van der Waals surface area contributed by atoms with Gasteiger partial charge in [-0.3, -0.25) is 4.90 Å². The molecule has 72 valence electrons. The maximum absolute atomic E-state index is 5.30. The van der Waals surface area contributed by atoms with E-state index in [2.05, 4.69) is 30.4 Å². The second-order valence-corrected chi connectivity index (χ2v) is 4.79. The molecular formula is C8H17NOS2. The predicted octanol–water partition coefficient (Wildman–Crippen LogP) is 1.67. The summed E-state index contributed by atoms with van der Waals surface area (Å²) in [4.78, 5) is 2.47. The van der Waals surface area contributed by atoms with Crippen LogP contribution in [0, 0.1) is 0 Å². The van der Waals surface area contributed by atoms with Gasteiger partial charge in [0.1, 0.15) is 0 Å². The van der Waals surface area contributed by atoms with Crippen LogP contribution in [0.15, 0.2) is 0 Å². The molecule has 0 aliphatic carbocycles. The summed E-state index contributed by atoms with van der Waals surface area (Å²) in [6.07, 6.45) is 0. The van der Waals surface area contributed by atoms with Gasteiger partial charge in [0.25, 0.3) is 0 Å². The molecule has 0 aromatic heterocycles. The Kier molecular flexibility index (Phi) is 4.79. The molecule has 0 amide bonds. The molecule has 1 heterocycles. The van der Waals surface area contributed by atoms with Crippen LogP contribution in [0.4, 0.5) is 0 Å². The SMILES string of the molecule is CC(SS)[C@H](C)N1CCOCC1. The lowest BCUT2D eigenvalue weighted by atomic mass is 10.2. The van der Waals surface area contributed by atoms with Crippen molar-refractivity contribution >= 4 is 22.5 Å². The Balaban J connectivity index is 2.33. The third-order valence-corrected chi connectivity index (χ3v) is 4.19. The minimum absolute atomic E-state index is 0.589. The van der Waals surface area contributed by atoms with Crippen LogP contribution in [-0.4, -0.2) is 42.5 Å². The number of rotatable bonds is 3. The van der Waals surface area contributed by atoms with E-state index in [4.69, 9.17) is 4.74 Å². The van der Waals surface area contributed by atoms with Crippen LogP contribution in [0.2, 0.25) is 0 Å². The van der Waals surface area contributed by atoms with Crippen LogP contribution >= 0.6 is 22.5 Å². The van der Waals surface area contributed by atoms with Gasteiger partial charge >= 0.3 is 0 Å². The van der Waals surface area contributed by atoms with E-state index >= 15 is 0 Å². The number of ether oxygens (including phenoxy) is 1. The highest BCUT2D eigenvalue weighted by molar-refractivity contribution is 8.68. The van der Waals surface area contributed by atoms with Crippen LogP contribution in [0.25, 0.3) is 0 Å². The molecule has 1 aliphatic heterocycles. The van der Waals surface area contributed by atoms with Gasteiger partial charge in [-0.1, -0.05) is 17.7 Å². The maximum Gasteiger partial charge on any atom is 0.0594 e. The summed E-state index contributed by atoms with van der Waals surface area (Å²) in [5.74, 6) is 0. The standard InChI is InChI=1S/C8H17NOS2/c1-7(8(2)12-11)9-3-5-10-6-4-9/h7-8,11H,3-6H2,1-2H3/t7-,8?/m0/s1. The Morgan fingerprint density at radius 2 is 1.92 bits per heavy atom. The average molecular weight is 207 g/mol. The summed E-state index contributed by atoms with van der Waals surface area (Å²) in [6.45, 7) is 8.39. The molecule has 12 heavy (non-hydrogen) atoms. The fraction of sp³-hybridized carbons (Fsp3) is 1.00. The fourth-order valence-corrected chi connectivity index (χ4v) is 2.25. The van der Waals surface area contributed by atoms with Crippen molar-refractivity contribution < 1.29 is 4.74 Å². The van der Waals surface area contributed by atoms with Gasteiger partial charge in [0.05, 0.1) is 13.2 Å². The summed E-state index contributed by atoms with van der Waals surface area (Å²) in [5.41, 5.74) is 0. The minimum atomic E-state index is 0.589. The Hall–Kier alpha value is 0.620. The zero-order chi connectivity index (χ0) is 8.97. The lowest BCUT2D eigenvalue weighted by Gasteiger charge is -2.34. The van der Waals surface area contributed by atoms with Gasteiger partial charge in [-0.2, -0.15) is 0 Å². The van der Waals surface area contributed by atoms with E-state index in [9.17, 15) is 0 Å². The highest BCUT2D eigenvalue weighted by Crippen LogP contribution is 2.21. The van der Waals surface area contributed by atoms with Gasteiger partial charge in [0.15, 0.2) is 0 Å². The summed E-state index contributed by atoms with van der Waals surface area (Å²) >= 11 is 4.23. The van der Waals surface area contributed by atoms with E-state index in [0.29, 0.717) is 11.3 Å². The third-order valence-electron chi connectivity index (χ3n) is 2.47. The molecule has 1 aliphatic rings. The molecule has 4 heteroatoms. The number of hydrogen-bond acceptors (Lipinski definition) is 4. The van der Waals surface area contributed by atoms with E-state index in [1.807, 2.05) is 0 Å².